The Labute approximate surface area is 263 Å². The number of aryl methyl sites for hydroxylation is 1. The van der Waals surface area contributed by atoms with Crippen LogP contribution in [0, 0.1) is 18.8 Å². The van der Waals surface area contributed by atoms with Crippen LogP contribution in [-0.4, -0.2) is 78.3 Å². The molecule has 0 spiro atoms. The molecule has 15 nitrogen and oxygen atoms in total. The second kappa shape index (κ2) is 13.9. The largest absolute Gasteiger partial charge is 0.480 e. The molecule has 0 radical (unpaired) electrons. The Bertz CT molecular complexity index is 1750. The summed E-state index contributed by atoms with van der Waals surface area (Å²) in [6.45, 7) is 7.16. The molecule has 0 unspecified atom stereocenters. The zero-order chi connectivity index (χ0) is 33.9. The van der Waals surface area contributed by atoms with E-state index in [-0.39, 0.29) is 23.9 Å². The third-order valence-corrected chi connectivity index (χ3v) is 7.86. The lowest BCUT2D eigenvalue weighted by Crippen LogP contribution is -2.57. The summed E-state index contributed by atoms with van der Waals surface area (Å²) in [6.07, 6.45) is 2.02. The van der Waals surface area contributed by atoms with E-state index in [9.17, 15) is 33.6 Å². The van der Waals surface area contributed by atoms with E-state index < -0.39 is 77.9 Å². The predicted octanol–water partition coefficient (Wildman–Crippen LogP) is 0.700. The topological polar surface area (TPSA) is 203 Å². The maximum absolute atomic E-state index is 13.8. The zero-order valence-electron chi connectivity index (χ0n) is 26.3. The van der Waals surface area contributed by atoms with Crippen LogP contribution in [0.5, 0.6) is 0 Å². The molecule has 3 N–H and O–H groups in total. The summed E-state index contributed by atoms with van der Waals surface area (Å²) in [6, 6.07) is 3.99. The van der Waals surface area contributed by atoms with Gasteiger partial charge in [-0.1, -0.05) is 39.8 Å². The van der Waals surface area contributed by atoms with Crippen molar-refractivity contribution in [3.63, 3.8) is 0 Å². The van der Waals surface area contributed by atoms with Gasteiger partial charge in [0.25, 0.3) is 11.4 Å². The molecule has 3 heterocycles. The molecular weight excluding hydrogens is 600 g/mol. The number of hydrogen-bond acceptors (Lipinski definition) is 9. The fourth-order valence-electron chi connectivity index (χ4n) is 5.45. The molecule has 1 fully saturated rings. The molecule has 3 amide bonds. The molecule has 15 heteroatoms. The fraction of sp³-hybridized carbons (Fsp3) is 0.484. The summed E-state index contributed by atoms with van der Waals surface area (Å²) < 4.78 is 7.05. The van der Waals surface area contributed by atoms with Crippen LogP contribution in [0.15, 0.2) is 44.5 Å². The van der Waals surface area contributed by atoms with E-state index in [2.05, 4.69) is 15.6 Å². The smallest absolute Gasteiger partial charge is 0.332 e. The number of likely N-dealkylation sites (tertiary alicyclic amines) is 1. The van der Waals surface area contributed by atoms with Gasteiger partial charge in [0.05, 0.1) is 6.04 Å². The van der Waals surface area contributed by atoms with Crippen LogP contribution < -0.4 is 21.9 Å². The van der Waals surface area contributed by atoms with Crippen molar-refractivity contribution in [3.8, 4) is 0 Å². The molecule has 0 saturated carbocycles. The first-order valence-electron chi connectivity index (χ1n) is 15.0. The second-order valence-electron chi connectivity index (χ2n) is 12.1. The highest BCUT2D eigenvalue weighted by Crippen LogP contribution is 2.22. The van der Waals surface area contributed by atoms with Crippen molar-refractivity contribution >= 4 is 40.6 Å². The first-order chi connectivity index (χ1) is 21.7. The van der Waals surface area contributed by atoms with Gasteiger partial charge in [0.15, 0.2) is 5.58 Å². The second-order valence-corrected chi connectivity index (χ2v) is 12.1. The third kappa shape index (κ3) is 7.24. The number of Topliss-reactive ketones (excluding diaryl/α,β-unsaturated/α-hetero) is 1. The Balaban J connectivity index is 1.48. The van der Waals surface area contributed by atoms with Gasteiger partial charge in [0.2, 0.25) is 23.5 Å². The molecule has 1 aliphatic rings. The van der Waals surface area contributed by atoms with E-state index >= 15 is 0 Å². The fourth-order valence-corrected chi connectivity index (χ4v) is 5.45. The van der Waals surface area contributed by atoms with Crippen LogP contribution in [-0.2, 0) is 32.3 Å². The Morgan fingerprint density at radius 2 is 1.67 bits per heavy atom. The maximum Gasteiger partial charge on any atom is 0.332 e. The van der Waals surface area contributed by atoms with Crippen molar-refractivity contribution in [2.24, 2.45) is 11.8 Å². The summed E-state index contributed by atoms with van der Waals surface area (Å²) in [5.41, 5.74) is -0.756. The lowest BCUT2D eigenvalue weighted by molar-refractivity contribution is -0.142. The molecule has 3 aromatic rings. The number of fused-ring (bicyclic) bond motifs is 1. The predicted molar refractivity (Wildman–Crippen MR) is 164 cm³/mol. The summed E-state index contributed by atoms with van der Waals surface area (Å²) in [7, 11) is 0. The van der Waals surface area contributed by atoms with Gasteiger partial charge in [-0.05, 0) is 43.7 Å². The number of carbonyl (C=O) groups excluding carboxylic acids is 4. The van der Waals surface area contributed by atoms with Crippen molar-refractivity contribution < 1.29 is 33.5 Å². The van der Waals surface area contributed by atoms with E-state index in [1.165, 1.54) is 11.8 Å². The number of ketones is 1. The highest BCUT2D eigenvalue weighted by molar-refractivity contribution is 6.01. The van der Waals surface area contributed by atoms with Crippen LogP contribution >= 0.6 is 0 Å². The van der Waals surface area contributed by atoms with Gasteiger partial charge in [-0.25, -0.2) is 14.3 Å². The Morgan fingerprint density at radius 1 is 1.00 bits per heavy atom. The molecule has 4 rings (SSSR count). The minimum atomic E-state index is -1.40. The van der Waals surface area contributed by atoms with Crippen molar-refractivity contribution in [2.45, 2.75) is 78.7 Å². The number of hydrogen-bond donors (Lipinski definition) is 3. The number of carboxylic acid groups (broad SMARTS) is 1. The van der Waals surface area contributed by atoms with Crippen LogP contribution in [0.3, 0.4) is 0 Å². The number of nitrogens with zero attached hydrogens (tertiary/aromatic N) is 4. The first-order valence-corrected chi connectivity index (χ1v) is 15.0. The number of nitrogens with one attached hydrogen (secondary N) is 2. The average Bonchev–Trinajstić information content (AvgIpc) is 3.66. The Morgan fingerprint density at radius 3 is 2.30 bits per heavy atom. The number of carbonyl (C=O) groups is 5. The van der Waals surface area contributed by atoms with Gasteiger partial charge in [0, 0.05) is 18.3 Å². The van der Waals surface area contributed by atoms with Crippen LogP contribution in [0.4, 0.5) is 0 Å². The molecule has 0 bridgehead atoms. The monoisotopic (exact) mass is 638 g/mol. The van der Waals surface area contributed by atoms with Crippen LogP contribution in [0.1, 0.15) is 56.8 Å². The number of carboxylic acids is 1. The molecule has 1 saturated heterocycles. The van der Waals surface area contributed by atoms with Gasteiger partial charge in [-0.15, -0.1) is 0 Å². The van der Waals surface area contributed by atoms with E-state index in [4.69, 9.17) is 9.52 Å². The van der Waals surface area contributed by atoms with E-state index in [0.29, 0.717) is 28.5 Å². The highest BCUT2D eigenvalue weighted by Gasteiger charge is 2.40. The Hall–Kier alpha value is -5.08. The number of aromatic nitrogens is 3. The Kier molecular flexibility index (Phi) is 10.2. The van der Waals surface area contributed by atoms with Gasteiger partial charge >= 0.3 is 11.7 Å². The van der Waals surface area contributed by atoms with Crippen molar-refractivity contribution in [1.82, 2.24) is 29.7 Å². The number of aliphatic carboxylic acids is 1. The quantitative estimate of drug-likeness (QED) is 0.237. The first kappa shape index (κ1) is 33.8. The maximum atomic E-state index is 13.8. The van der Waals surface area contributed by atoms with E-state index in [1.54, 1.807) is 52.0 Å². The van der Waals surface area contributed by atoms with Gasteiger partial charge < -0.3 is 25.1 Å². The summed E-state index contributed by atoms with van der Waals surface area (Å²) in [5.74, 6) is -4.51. The minimum Gasteiger partial charge on any atom is -0.480 e. The van der Waals surface area contributed by atoms with Crippen LogP contribution in [0.2, 0.25) is 0 Å². The molecule has 3 atom stereocenters. The number of oxazole rings is 1. The summed E-state index contributed by atoms with van der Waals surface area (Å²) in [5, 5.41) is 14.5. The van der Waals surface area contributed by atoms with Crippen molar-refractivity contribution in [3.05, 3.63) is 62.8 Å². The van der Waals surface area contributed by atoms with Gasteiger partial charge in [0.1, 0.15) is 30.7 Å². The molecule has 1 aliphatic heterocycles. The zero-order valence-corrected chi connectivity index (χ0v) is 26.3. The number of benzene rings is 1. The van der Waals surface area contributed by atoms with E-state index in [1.807, 2.05) is 0 Å². The third-order valence-electron chi connectivity index (χ3n) is 7.86. The van der Waals surface area contributed by atoms with Gasteiger partial charge in [-0.3, -0.25) is 33.3 Å². The van der Waals surface area contributed by atoms with Crippen LogP contribution in [0.25, 0.3) is 11.1 Å². The van der Waals surface area contributed by atoms with Crippen molar-refractivity contribution in [2.75, 3.05) is 6.54 Å². The molecule has 0 aliphatic carbocycles. The number of para-hydroxylation sites is 2. The van der Waals surface area contributed by atoms with E-state index in [0.717, 1.165) is 10.8 Å². The molecule has 246 valence electrons. The van der Waals surface area contributed by atoms with Crippen molar-refractivity contribution in [1.29, 1.82) is 0 Å². The molecule has 2 aromatic heterocycles. The SMILES string of the molecule is Cc1cn(CC(=O)N[C@H](C(=O)N2CCC[C@H]2C(=O)N[C@H](C(=O)c2nc3ccccc3o2)C(C)C)C(C)C)c(=O)n(CC(=O)O)c1=O. The normalized spacial score (nSPS) is 16.1. The number of amides is 3. The summed E-state index contributed by atoms with van der Waals surface area (Å²) in [4.78, 5) is 95.5. The molecule has 46 heavy (non-hydrogen) atoms. The molecule has 1 aromatic carbocycles. The average molecular weight is 639 g/mol. The highest BCUT2D eigenvalue weighted by atomic mass is 16.4. The van der Waals surface area contributed by atoms with Gasteiger partial charge in [-0.2, -0.15) is 0 Å². The number of rotatable bonds is 12. The lowest BCUT2D eigenvalue weighted by Gasteiger charge is -2.31. The summed E-state index contributed by atoms with van der Waals surface area (Å²) >= 11 is 0. The molecular formula is C31H38N6O9. The lowest BCUT2D eigenvalue weighted by atomic mass is 9.98. The minimum absolute atomic E-state index is 0.0605. The standard InChI is InChI=1S/C31H38N6O9/c1-16(2)24(26(41)28-32-19-9-6-7-11-21(19)46-28)34-27(42)20-10-8-12-36(20)30(44)25(17(3)4)33-22(38)14-35-13-18(5)29(43)37(31(35)45)15-23(39)40/h6-7,9,11,13,16-17,20,24-25H,8,10,12,14-15H2,1-5H3,(H,33,38)(H,34,42)(H,39,40)/t20-,24-,25-/m0/s1.